The molecule has 6 nitrogen and oxygen atoms in total. The van der Waals surface area contributed by atoms with E-state index in [1.807, 2.05) is 29.4 Å². The van der Waals surface area contributed by atoms with E-state index in [0.717, 1.165) is 29.5 Å². The minimum Gasteiger partial charge on any atom is -0.469 e. The predicted molar refractivity (Wildman–Crippen MR) is 73.3 cm³/mol. The fourth-order valence-corrected chi connectivity index (χ4v) is 2.30. The molecule has 0 saturated carbocycles. The molecule has 7 heteroatoms. The zero-order valence-corrected chi connectivity index (χ0v) is 11.7. The van der Waals surface area contributed by atoms with Crippen LogP contribution in [0.25, 0.3) is 0 Å². The Morgan fingerprint density at radius 2 is 2.42 bits per heavy atom. The first kappa shape index (κ1) is 13.5. The Kier molecular flexibility index (Phi) is 4.51. The number of carbonyl (C=O) groups is 1. The molecule has 0 radical (unpaired) electrons. The van der Waals surface area contributed by atoms with Gasteiger partial charge in [0.2, 0.25) is 0 Å². The third-order valence-electron chi connectivity index (χ3n) is 2.48. The Balaban J connectivity index is 1.78. The van der Waals surface area contributed by atoms with Crippen molar-refractivity contribution in [2.75, 3.05) is 19.0 Å². The summed E-state index contributed by atoms with van der Waals surface area (Å²) in [6, 6.07) is 0. The van der Waals surface area contributed by atoms with Gasteiger partial charge in [-0.3, -0.25) is 9.48 Å². The topological polar surface area (TPSA) is 69.0 Å². The summed E-state index contributed by atoms with van der Waals surface area (Å²) < 4.78 is 6.48. The highest BCUT2D eigenvalue weighted by Crippen LogP contribution is 2.15. The van der Waals surface area contributed by atoms with Gasteiger partial charge in [-0.1, -0.05) is 0 Å². The summed E-state index contributed by atoms with van der Waals surface area (Å²) in [6.45, 7) is 3.53. The van der Waals surface area contributed by atoms with Crippen molar-refractivity contribution >= 4 is 22.4 Å². The van der Waals surface area contributed by atoms with Crippen LogP contribution in [0.4, 0.5) is 5.13 Å². The molecule has 0 amide bonds. The van der Waals surface area contributed by atoms with Crippen molar-refractivity contribution in [3.8, 4) is 0 Å². The van der Waals surface area contributed by atoms with Crippen LogP contribution in [-0.2, 0) is 22.5 Å². The highest BCUT2D eigenvalue weighted by molar-refractivity contribution is 7.13. The fraction of sp³-hybridized carbons (Fsp3) is 0.417. The maximum absolute atomic E-state index is 11.1. The van der Waals surface area contributed by atoms with Crippen LogP contribution in [0, 0.1) is 6.92 Å². The van der Waals surface area contributed by atoms with Crippen LogP contribution >= 0.6 is 11.3 Å². The summed E-state index contributed by atoms with van der Waals surface area (Å²) in [5.41, 5.74) is 1.88. The lowest BCUT2D eigenvalue weighted by atomic mass is 10.3. The van der Waals surface area contributed by atoms with Gasteiger partial charge in [-0.25, -0.2) is 4.98 Å². The van der Waals surface area contributed by atoms with Crippen LogP contribution in [0.1, 0.15) is 11.3 Å². The van der Waals surface area contributed by atoms with Crippen molar-refractivity contribution in [2.24, 2.45) is 0 Å². The van der Waals surface area contributed by atoms with E-state index >= 15 is 0 Å². The normalized spacial score (nSPS) is 10.4. The highest BCUT2D eigenvalue weighted by Gasteiger charge is 2.07. The first-order valence-corrected chi connectivity index (χ1v) is 6.79. The Morgan fingerprint density at radius 3 is 3.11 bits per heavy atom. The van der Waals surface area contributed by atoms with Gasteiger partial charge in [0.15, 0.2) is 5.13 Å². The van der Waals surface area contributed by atoms with E-state index in [0.29, 0.717) is 0 Å². The second-order valence-electron chi connectivity index (χ2n) is 4.10. The maximum Gasteiger partial charge on any atom is 0.311 e. The number of anilines is 1. The molecule has 1 N–H and O–H groups in total. The number of ether oxygens (including phenoxy) is 1. The zero-order chi connectivity index (χ0) is 13.7. The quantitative estimate of drug-likeness (QED) is 0.812. The van der Waals surface area contributed by atoms with Gasteiger partial charge in [0, 0.05) is 18.1 Å². The minimum atomic E-state index is -0.274. The van der Waals surface area contributed by atoms with Crippen molar-refractivity contribution in [2.45, 2.75) is 19.9 Å². The molecule has 0 unspecified atom stereocenters. The Labute approximate surface area is 115 Å². The molecule has 0 aliphatic heterocycles. The van der Waals surface area contributed by atoms with Gasteiger partial charge in [-0.05, 0) is 12.5 Å². The number of aryl methyl sites for hydroxylation is 1. The Morgan fingerprint density at radius 1 is 1.58 bits per heavy atom. The maximum atomic E-state index is 11.1. The third kappa shape index (κ3) is 4.06. The van der Waals surface area contributed by atoms with Crippen LogP contribution in [-0.4, -0.2) is 34.4 Å². The fourth-order valence-electron chi connectivity index (χ4n) is 1.56. The summed E-state index contributed by atoms with van der Waals surface area (Å²) in [5, 5.41) is 10.1. The van der Waals surface area contributed by atoms with Gasteiger partial charge in [0.1, 0.15) is 0 Å². The van der Waals surface area contributed by atoms with Crippen LogP contribution < -0.4 is 5.32 Å². The number of hydrogen-bond acceptors (Lipinski definition) is 6. The Bertz CT molecular complexity index is 549. The van der Waals surface area contributed by atoms with Gasteiger partial charge >= 0.3 is 5.97 Å². The summed E-state index contributed by atoms with van der Waals surface area (Å²) in [4.78, 5) is 15.4. The molecule has 0 bridgehead atoms. The first-order valence-electron chi connectivity index (χ1n) is 5.91. The lowest BCUT2D eigenvalue weighted by molar-refractivity contribution is -0.139. The van der Waals surface area contributed by atoms with Crippen molar-refractivity contribution in [1.29, 1.82) is 0 Å². The lowest BCUT2D eigenvalue weighted by Gasteiger charge is -2.02. The first-order chi connectivity index (χ1) is 9.17. The average Bonchev–Trinajstić information content (AvgIpc) is 2.99. The van der Waals surface area contributed by atoms with Crippen LogP contribution in [0.15, 0.2) is 17.8 Å². The van der Waals surface area contributed by atoms with E-state index in [4.69, 9.17) is 0 Å². The number of methoxy groups -OCH3 is 1. The summed E-state index contributed by atoms with van der Waals surface area (Å²) in [6.07, 6.45) is 4.04. The van der Waals surface area contributed by atoms with Crippen molar-refractivity contribution in [1.82, 2.24) is 14.8 Å². The number of esters is 1. The van der Waals surface area contributed by atoms with Gasteiger partial charge in [-0.2, -0.15) is 5.10 Å². The number of thiazole rings is 1. The minimum absolute atomic E-state index is 0.215. The predicted octanol–water partition coefficient (Wildman–Crippen LogP) is 1.48. The standard InChI is InChI=1S/C12H16N4O2S/c1-9-6-14-16(7-9)4-3-13-12-15-10(8-19-12)5-11(17)18-2/h6-8H,3-5H2,1-2H3,(H,13,15). The summed E-state index contributed by atoms with van der Waals surface area (Å²) in [5.74, 6) is -0.274. The van der Waals surface area contributed by atoms with E-state index in [1.54, 1.807) is 0 Å². The van der Waals surface area contributed by atoms with E-state index in [9.17, 15) is 4.79 Å². The van der Waals surface area contributed by atoms with E-state index in [1.165, 1.54) is 18.4 Å². The molecule has 0 spiro atoms. The van der Waals surface area contributed by atoms with Crippen molar-refractivity contribution in [3.63, 3.8) is 0 Å². The molecular weight excluding hydrogens is 264 g/mol. The molecule has 2 rings (SSSR count). The largest absolute Gasteiger partial charge is 0.469 e. The molecule has 2 aromatic heterocycles. The Hall–Kier alpha value is -1.89. The SMILES string of the molecule is COC(=O)Cc1csc(NCCn2cc(C)cn2)n1. The molecule has 0 aromatic carbocycles. The number of carbonyl (C=O) groups excluding carboxylic acids is 1. The molecule has 2 aromatic rings. The van der Waals surface area contributed by atoms with Crippen LogP contribution in [0.3, 0.4) is 0 Å². The second-order valence-corrected chi connectivity index (χ2v) is 4.96. The second kappa shape index (κ2) is 6.33. The van der Waals surface area contributed by atoms with Crippen molar-refractivity contribution < 1.29 is 9.53 Å². The molecule has 0 fully saturated rings. The monoisotopic (exact) mass is 280 g/mol. The highest BCUT2D eigenvalue weighted by atomic mass is 32.1. The molecule has 0 aliphatic rings. The van der Waals surface area contributed by atoms with Gasteiger partial charge < -0.3 is 10.1 Å². The van der Waals surface area contributed by atoms with E-state index in [-0.39, 0.29) is 12.4 Å². The molecular formula is C12H16N4O2S. The molecule has 19 heavy (non-hydrogen) atoms. The molecule has 0 saturated heterocycles. The smallest absolute Gasteiger partial charge is 0.311 e. The number of hydrogen-bond donors (Lipinski definition) is 1. The number of nitrogens with one attached hydrogen (secondary N) is 1. The average molecular weight is 280 g/mol. The zero-order valence-electron chi connectivity index (χ0n) is 10.9. The number of aromatic nitrogens is 3. The van der Waals surface area contributed by atoms with E-state index < -0.39 is 0 Å². The summed E-state index contributed by atoms with van der Waals surface area (Å²) in [7, 11) is 1.37. The van der Waals surface area contributed by atoms with E-state index in [2.05, 4.69) is 20.1 Å². The number of rotatable bonds is 6. The van der Waals surface area contributed by atoms with Gasteiger partial charge in [0.25, 0.3) is 0 Å². The van der Waals surface area contributed by atoms with Crippen LogP contribution in [0.5, 0.6) is 0 Å². The lowest BCUT2D eigenvalue weighted by Crippen LogP contribution is -2.11. The van der Waals surface area contributed by atoms with Crippen LogP contribution in [0.2, 0.25) is 0 Å². The molecule has 0 aliphatic carbocycles. The molecule has 2 heterocycles. The van der Waals surface area contributed by atoms with Gasteiger partial charge in [-0.15, -0.1) is 11.3 Å². The van der Waals surface area contributed by atoms with Crippen molar-refractivity contribution in [3.05, 3.63) is 29.0 Å². The molecule has 102 valence electrons. The molecule has 0 atom stereocenters. The summed E-state index contributed by atoms with van der Waals surface area (Å²) >= 11 is 1.48. The number of nitrogens with zero attached hydrogens (tertiary/aromatic N) is 3. The third-order valence-corrected chi connectivity index (χ3v) is 3.33. The van der Waals surface area contributed by atoms with Gasteiger partial charge in [0.05, 0.1) is 32.0 Å².